The SMILES string of the molecule is O=S(=O)(Nc1nc(-c2ccccc2)cs1)c1ccc(Br)s1. The Bertz CT molecular complexity index is 856. The zero-order chi connectivity index (χ0) is 14.9. The van der Waals surface area contributed by atoms with Gasteiger partial charge in [0.05, 0.1) is 9.48 Å². The fourth-order valence-corrected chi connectivity index (χ4v) is 5.65. The summed E-state index contributed by atoms with van der Waals surface area (Å²) in [6.07, 6.45) is 0. The zero-order valence-corrected chi connectivity index (χ0v) is 14.5. The van der Waals surface area contributed by atoms with Gasteiger partial charge in [0, 0.05) is 10.9 Å². The maximum absolute atomic E-state index is 12.2. The lowest BCUT2D eigenvalue weighted by molar-refractivity contribution is 0.603. The Morgan fingerprint density at radius 3 is 2.52 bits per heavy atom. The Balaban J connectivity index is 1.85. The van der Waals surface area contributed by atoms with E-state index in [1.54, 1.807) is 12.1 Å². The molecule has 2 aromatic heterocycles. The summed E-state index contributed by atoms with van der Waals surface area (Å²) in [4.78, 5) is 4.32. The third kappa shape index (κ3) is 3.34. The van der Waals surface area contributed by atoms with Gasteiger partial charge in [-0.3, -0.25) is 4.72 Å². The molecule has 0 atom stereocenters. The van der Waals surface area contributed by atoms with Crippen LogP contribution < -0.4 is 4.72 Å². The summed E-state index contributed by atoms with van der Waals surface area (Å²) in [6, 6.07) is 12.9. The van der Waals surface area contributed by atoms with Crippen molar-refractivity contribution in [3.63, 3.8) is 0 Å². The van der Waals surface area contributed by atoms with Crippen molar-refractivity contribution in [1.29, 1.82) is 0 Å². The van der Waals surface area contributed by atoms with E-state index in [2.05, 4.69) is 25.6 Å². The van der Waals surface area contributed by atoms with Crippen molar-refractivity contribution in [2.24, 2.45) is 0 Å². The van der Waals surface area contributed by atoms with Gasteiger partial charge in [0.25, 0.3) is 10.0 Å². The number of anilines is 1. The van der Waals surface area contributed by atoms with Crippen LogP contribution in [0.1, 0.15) is 0 Å². The highest BCUT2D eigenvalue weighted by Crippen LogP contribution is 2.30. The number of thiophene rings is 1. The Hall–Kier alpha value is -1.22. The van der Waals surface area contributed by atoms with Gasteiger partial charge in [-0.05, 0) is 28.1 Å². The minimum absolute atomic E-state index is 0.255. The Labute approximate surface area is 138 Å². The summed E-state index contributed by atoms with van der Waals surface area (Å²) < 4.78 is 27.9. The summed E-state index contributed by atoms with van der Waals surface area (Å²) in [5.41, 5.74) is 1.71. The highest BCUT2D eigenvalue weighted by molar-refractivity contribution is 9.11. The van der Waals surface area contributed by atoms with E-state index >= 15 is 0 Å². The van der Waals surface area contributed by atoms with Crippen molar-refractivity contribution in [3.8, 4) is 11.3 Å². The lowest BCUT2D eigenvalue weighted by Gasteiger charge is -2.01. The van der Waals surface area contributed by atoms with Gasteiger partial charge in [0.1, 0.15) is 4.21 Å². The molecule has 108 valence electrons. The van der Waals surface area contributed by atoms with Crippen LogP contribution in [0, 0.1) is 0 Å². The van der Waals surface area contributed by atoms with E-state index in [-0.39, 0.29) is 4.21 Å². The average molecular weight is 401 g/mol. The van der Waals surface area contributed by atoms with Crippen molar-refractivity contribution >= 4 is 53.8 Å². The first-order valence-corrected chi connectivity index (χ1v) is 9.81. The Morgan fingerprint density at radius 1 is 1.10 bits per heavy atom. The molecule has 0 aliphatic carbocycles. The Kier molecular flexibility index (Phi) is 4.12. The monoisotopic (exact) mass is 400 g/mol. The van der Waals surface area contributed by atoms with Crippen LogP contribution in [0.4, 0.5) is 5.13 Å². The first kappa shape index (κ1) is 14.7. The number of nitrogens with zero attached hydrogens (tertiary/aromatic N) is 1. The van der Waals surface area contributed by atoms with E-state index in [1.165, 1.54) is 11.3 Å². The van der Waals surface area contributed by atoms with Crippen molar-refractivity contribution < 1.29 is 8.42 Å². The number of benzene rings is 1. The van der Waals surface area contributed by atoms with Gasteiger partial charge in [-0.25, -0.2) is 13.4 Å². The molecular formula is C13H9BrN2O2S3. The van der Waals surface area contributed by atoms with Gasteiger partial charge in [-0.2, -0.15) is 0 Å². The number of nitrogens with one attached hydrogen (secondary N) is 1. The molecule has 0 bridgehead atoms. The second-order valence-corrected chi connectivity index (χ2v) is 9.30. The fourth-order valence-electron chi connectivity index (χ4n) is 1.67. The number of rotatable bonds is 4. The van der Waals surface area contributed by atoms with E-state index in [4.69, 9.17) is 0 Å². The number of halogens is 1. The Morgan fingerprint density at radius 2 is 1.86 bits per heavy atom. The van der Waals surface area contributed by atoms with Gasteiger partial charge in [-0.15, -0.1) is 22.7 Å². The van der Waals surface area contributed by atoms with Crippen molar-refractivity contribution in [2.75, 3.05) is 4.72 Å². The molecule has 2 heterocycles. The smallest absolute Gasteiger partial charge is 0.254 e. The second kappa shape index (κ2) is 5.88. The van der Waals surface area contributed by atoms with E-state index in [0.29, 0.717) is 5.13 Å². The van der Waals surface area contributed by atoms with Gasteiger partial charge < -0.3 is 0 Å². The summed E-state index contributed by atoms with van der Waals surface area (Å²) in [5.74, 6) is 0. The van der Waals surface area contributed by atoms with Gasteiger partial charge in [0.2, 0.25) is 0 Å². The second-order valence-electron chi connectivity index (χ2n) is 4.07. The molecule has 0 radical (unpaired) electrons. The van der Waals surface area contributed by atoms with Gasteiger partial charge in [0.15, 0.2) is 5.13 Å². The summed E-state index contributed by atoms with van der Waals surface area (Å²) >= 11 is 5.68. The van der Waals surface area contributed by atoms with Gasteiger partial charge >= 0.3 is 0 Å². The fraction of sp³-hybridized carbons (Fsp3) is 0. The lowest BCUT2D eigenvalue weighted by atomic mass is 10.2. The summed E-state index contributed by atoms with van der Waals surface area (Å²) in [6.45, 7) is 0. The molecule has 1 aromatic carbocycles. The van der Waals surface area contributed by atoms with Crippen molar-refractivity contribution in [3.05, 3.63) is 51.6 Å². The van der Waals surface area contributed by atoms with E-state index in [0.717, 1.165) is 26.4 Å². The maximum atomic E-state index is 12.2. The third-order valence-corrected chi connectivity index (χ3v) is 6.95. The first-order valence-electron chi connectivity index (χ1n) is 5.84. The highest BCUT2D eigenvalue weighted by atomic mass is 79.9. The van der Waals surface area contributed by atoms with Crippen molar-refractivity contribution in [2.45, 2.75) is 4.21 Å². The quantitative estimate of drug-likeness (QED) is 0.704. The molecule has 0 amide bonds. The molecule has 0 aliphatic rings. The van der Waals surface area contributed by atoms with Crippen molar-refractivity contribution in [1.82, 2.24) is 4.98 Å². The average Bonchev–Trinajstić information content (AvgIpc) is 3.09. The topological polar surface area (TPSA) is 59.1 Å². The van der Waals surface area contributed by atoms with Crippen LogP contribution in [0.5, 0.6) is 0 Å². The van der Waals surface area contributed by atoms with Crippen LogP contribution in [-0.4, -0.2) is 13.4 Å². The standard InChI is InChI=1S/C13H9BrN2O2S3/c14-11-6-7-12(20-11)21(17,18)16-13-15-10(8-19-13)9-4-2-1-3-5-9/h1-8H,(H,15,16). The minimum Gasteiger partial charge on any atom is -0.254 e. The largest absolute Gasteiger partial charge is 0.273 e. The predicted octanol–water partition coefficient (Wildman–Crippen LogP) is 4.43. The zero-order valence-electron chi connectivity index (χ0n) is 10.5. The minimum atomic E-state index is -3.57. The highest BCUT2D eigenvalue weighted by Gasteiger charge is 2.18. The molecule has 0 saturated heterocycles. The number of sulfonamides is 1. The maximum Gasteiger partial charge on any atom is 0.273 e. The lowest BCUT2D eigenvalue weighted by Crippen LogP contribution is -2.11. The van der Waals surface area contributed by atoms with E-state index in [1.807, 2.05) is 35.7 Å². The molecule has 0 aliphatic heterocycles. The molecule has 4 nitrogen and oxygen atoms in total. The molecule has 3 aromatic rings. The van der Waals surface area contributed by atoms with Crippen LogP contribution >= 0.6 is 38.6 Å². The molecule has 0 unspecified atom stereocenters. The molecule has 8 heteroatoms. The molecule has 21 heavy (non-hydrogen) atoms. The normalized spacial score (nSPS) is 11.5. The summed E-state index contributed by atoms with van der Waals surface area (Å²) in [5, 5.41) is 2.19. The van der Waals surface area contributed by atoms with Crippen LogP contribution in [0.2, 0.25) is 0 Å². The first-order chi connectivity index (χ1) is 10.0. The number of aromatic nitrogens is 1. The van der Waals surface area contributed by atoms with E-state index in [9.17, 15) is 8.42 Å². The summed E-state index contributed by atoms with van der Waals surface area (Å²) in [7, 11) is -3.57. The number of thiazole rings is 1. The molecule has 0 fully saturated rings. The molecular weight excluding hydrogens is 392 g/mol. The number of hydrogen-bond donors (Lipinski definition) is 1. The molecule has 0 spiro atoms. The van der Waals surface area contributed by atoms with Crippen LogP contribution in [0.3, 0.4) is 0 Å². The predicted molar refractivity (Wildman–Crippen MR) is 90.4 cm³/mol. The molecule has 0 saturated carbocycles. The van der Waals surface area contributed by atoms with Gasteiger partial charge in [-0.1, -0.05) is 30.3 Å². The van der Waals surface area contributed by atoms with E-state index < -0.39 is 10.0 Å². The van der Waals surface area contributed by atoms with Crippen LogP contribution in [0.25, 0.3) is 11.3 Å². The molecule has 1 N–H and O–H groups in total. The van der Waals surface area contributed by atoms with Crippen LogP contribution in [0.15, 0.2) is 55.8 Å². The molecule has 3 rings (SSSR count). The third-order valence-electron chi connectivity index (χ3n) is 2.61. The van der Waals surface area contributed by atoms with Crippen LogP contribution in [-0.2, 0) is 10.0 Å². The number of hydrogen-bond acceptors (Lipinski definition) is 5.